The van der Waals surface area contributed by atoms with Gasteiger partial charge in [0.2, 0.25) is 0 Å². The summed E-state index contributed by atoms with van der Waals surface area (Å²) in [5, 5.41) is 0. The molecule has 0 aliphatic heterocycles. The van der Waals surface area contributed by atoms with Crippen molar-refractivity contribution < 1.29 is 26.2 Å². The Bertz CT molecular complexity index is 389. The summed E-state index contributed by atoms with van der Waals surface area (Å²) in [5.41, 5.74) is 5.59. The van der Waals surface area contributed by atoms with Crippen LogP contribution in [0.25, 0.3) is 0 Å². The molecule has 0 atom stereocenters. The van der Waals surface area contributed by atoms with E-state index in [0.717, 1.165) is 24.7 Å². The Balaban J connectivity index is 0.000000364. The van der Waals surface area contributed by atoms with Crippen molar-refractivity contribution in [1.82, 2.24) is 0 Å². The van der Waals surface area contributed by atoms with E-state index >= 15 is 0 Å². The summed E-state index contributed by atoms with van der Waals surface area (Å²) in [6, 6.07) is 0. The van der Waals surface area contributed by atoms with Crippen LogP contribution < -0.4 is 0 Å². The van der Waals surface area contributed by atoms with Crippen molar-refractivity contribution in [3.63, 3.8) is 0 Å². The fraction of sp³-hybridized carbons (Fsp3) is 0.600. The number of hydrogen-bond acceptors (Lipinski definition) is 0. The molecule has 0 saturated carbocycles. The predicted octanol–water partition coefficient (Wildman–Crippen LogP) is 6.22. The molecule has 21 heavy (non-hydrogen) atoms. The molecule has 0 aromatic rings. The van der Waals surface area contributed by atoms with Gasteiger partial charge in [0.25, 0.3) is 0 Å². The van der Waals surface area contributed by atoms with Gasteiger partial charge >= 0.3 is 26.2 Å². The van der Waals surface area contributed by atoms with Crippen molar-refractivity contribution in [2.75, 3.05) is 0 Å². The summed E-state index contributed by atoms with van der Waals surface area (Å²) in [5.74, 6) is 1.56. The molecule has 0 fully saturated rings. The van der Waals surface area contributed by atoms with Crippen LogP contribution in [0.15, 0.2) is 34.4 Å². The molecule has 0 aromatic carbocycles. The maximum atomic E-state index is 3.36. The van der Waals surface area contributed by atoms with Crippen LogP contribution in [0.3, 0.4) is 0 Å². The van der Waals surface area contributed by atoms with E-state index in [2.05, 4.69) is 65.8 Å². The zero-order chi connectivity index (χ0) is 15.1. The number of rotatable bonds is 4. The van der Waals surface area contributed by atoms with Crippen LogP contribution >= 0.6 is 0 Å². The van der Waals surface area contributed by atoms with Gasteiger partial charge in [0.15, 0.2) is 0 Å². The average molecular weight is 362 g/mol. The molecule has 0 unspecified atom stereocenters. The van der Waals surface area contributed by atoms with Gasteiger partial charge in [-0.3, -0.25) is 0 Å². The molecule has 2 aliphatic rings. The average Bonchev–Trinajstić information content (AvgIpc) is 2.87. The third-order valence-corrected chi connectivity index (χ3v) is 3.37. The molecule has 0 radical (unpaired) electrons. The summed E-state index contributed by atoms with van der Waals surface area (Å²) in [6.45, 7) is 13.2. The Morgan fingerprint density at radius 1 is 0.810 bits per heavy atom. The predicted molar refractivity (Wildman–Crippen MR) is 89.2 cm³/mol. The minimum absolute atomic E-state index is 0. The molecule has 0 heterocycles. The van der Waals surface area contributed by atoms with Crippen molar-refractivity contribution in [3.05, 3.63) is 46.6 Å². The van der Waals surface area contributed by atoms with E-state index in [4.69, 9.17) is 0 Å². The van der Waals surface area contributed by atoms with Gasteiger partial charge < -0.3 is 0 Å². The standard InChI is InChI=1S/2C10H15.Zr/c2*1-8(2)6-10-5-4-9(3)7-10;/h2*4,8H,5-6H2,1-3H3;/q2*-1;+2. The SMILES string of the molecule is CC1=CCC(CC(C)C)=[C-]1.CC1=CCC(CC(C)C)=[C-]1.[Zr+2]. The Hall–Kier alpha value is -0.157. The van der Waals surface area contributed by atoms with Crippen LogP contribution in [0.5, 0.6) is 0 Å². The van der Waals surface area contributed by atoms with Crippen LogP contribution in [0.2, 0.25) is 0 Å². The summed E-state index contributed by atoms with van der Waals surface area (Å²) in [4.78, 5) is 0. The van der Waals surface area contributed by atoms with Crippen molar-refractivity contribution >= 4 is 0 Å². The van der Waals surface area contributed by atoms with Gasteiger partial charge in [-0.05, 0) is 24.7 Å². The third-order valence-electron chi connectivity index (χ3n) is 3.37. The first-order valence-electron chi connectivity index (χ1n) is 7.93. The van der Waals surface area contributed by atoms with E-state index < -0.39 is 0 Å². The number of allylic oxidation sites excluding steroid dienone is 8. The number of hydrogen-bond donors (Lipinski definition) is 0. The monoisotopic (exact) mass is 360 g/mol. The summed E-state index contributed by atoms with van der Waals surface area (Å²) < 4.78 is 0. The summed E-state index contributed by atoms with van der Waals surface area (Å²) >= 11 is 0. The molecule has 114 valence electrons. The molecule has 0 amide bonds. The first kappa shape index (κ1) is 20.8. The second-order valence-corrected chi connectivity index (χ2v) is 6.84. The second kappa shape index (κ2) is 10.5. The molecule has 2 rings (SSSR count). The van der Waals surface area contributed by atoms with Gasteiger partial charge in [0.1, 0.15) is 0 Å². The van der Waals surface area contributed by atoms with Crippen LogP contribution in [-0.4, -0.2) is 0 Å². The van der Waals surface area contributed by atoms with E-state index in [1.54, 1.807) is 0 Å². The molecule has 0 bridgehead atoms. The first-order valence-corrected chi connectivity index (χ1v) is 7.93. The van der Waals surface area contributed by atoms with Crippen molar-refractivity contribution in [1.29, 1.82) is 0 Å². The van der Waals surface area contributed by atoms with Crippen molar-refractivity contribution in [2.24, 2.45) is 11.8 Å². The maximum Gasteiger partial charge on any atom is 2.00 e. The van der Waals surface area contributed by atoms with Gasteiger partial charge in [-0.15, -0.1) is 0 Å². The summed E-state index contributed by atoms with van der Waals surface area (Å²) in [7, 11) is 0. The van der Waals surface area contributed by atoms with Gasteiger partial charge in [0.05, 0.1) is 0 Å². The molecular weight excluding hydrogens is 331 g/mol. The Kier molecular flexibility index (Phi) is 10.5. The molecule has 0 N–H and O–H groups in total. The molecular formula is C20H30Zr. The van der Waals surface area contributed by atoms with E-state index in [-0.39, 0.29) is 26.2 Å². The van der Waals surface area contributed by atoms with Crippen LogP contribution in [0.4, 0.5) is 0 Å². The molecule has 0 spiro atoms. The van der Waals surface area contributed by atoms with Crippen LogP contribution in [0.1, 0.15) is 67.2 Å². The quantitative estimate of drug-likeness (QED) is 0.521. The van der Waals surface area contributed by atoms with Gasteiger partial charge in [-0.1, -0.05) is 54.4 Å². The van der Waals surface area contributed by atoms with Gasteiger partial charge in [0, 0.05) is 0 Å². The minimum atomic E-state index is 0. The van der Waals surface area contributed by atoms with E-state index in [1.165, 1.54) is 35.1 Å². The van der Waals surface area contributed by atoms with E-state index in [0.29, 0.717) is 0 Å². The zero-order valence-corrected chi connectivity index (χ0v) is 17.1. The first-order chi connectivity index (χ1) is 9.36. The molecule has 1 heteroatoms. The zero-order valence-electron chi connectivity index (χ0n) is 14.6. The fourth-order valence-corrected chi connectivity index (χ4v) is 2.57. The summed E-state index contributed by atoms with van der Waals surface area (Å²) in [6.07, 6.45) is 15.9. The van der Waals surface area contributed by atoms with E-state index in [9.17, 15) is 0 Å². The molecule has 0 saturated heterocycles. The topological polar surface area (TPSA) is 0 Å². The van der Waals surface area contributed by atoms with E-state index in [1.807, 2.05) is 0 Å². The van der Waals surface area contributed by atoms with Gasteiger partial charge in [-0.2, -0.15) is 11.1 Å². The molecule has 0 nitrogen and oxygen atoms in total. The second-order valence-electron chi connectivity index (χ2n) is 6.84. The Morgan fingerprint density at radius 2 is 1.14 bits per heavy atom. The van der Waals surface area contributed by atoms with Crippen LogP contribution in [0, 0.1) is 24.0 Å². The molecule has 0 aromatic heterocycles. The minimum Gasteiger partial charge on any atom is -0.250 e. The molecule has 2 aliphatic carbocycles. The fourth-order valence-electron chi connectivity index (χ4n) is 2.57. The maximum absolute atomic E-state index is 3.36. The normalized spacial score (nSPS) is 16.8. The van der Waals surface area contributed by atoms with Gasteiger partial charge in [-0.25, -0.2) is 35.5 Å². The Morgan fingerprint density at radius 3 is 1.33 bits per heavy atom. The smallest absolute Gasteiger partial charge is 0.250 e. The largest absolute Gasteiger partial charge is 2.00 e. The Labute approximate surface area is 151 Å². The van der Waals surface area contributed by atoms with Crippen molar-refractivity contribution in [3.8, 4) is 0 Å². The third kappa shape index (κ3) is 9.46. The van der Waals surface area contributed by atoms with Crippen LogP contribution in [-0.2, 0) is 26.2 Å². The van der Waals surface area contributed by atoms with Crippen molar-refractivity contribution in [2.45, 2.75) is 67.2 Å².